The van der Waals surface area contributed by atoms with Crippen LogP contribution in [0.2, 0.25) is 0 Å². The first-order valence-corrected chi connectivity index (χ1v) is 6.81. The molecule has 0 atom stereocenters. The van der Waals surface area contributed by atoms with Crippen LogP contribution >= 0.6 is 0 Å². The smallest absolute Gasteiger partial charge is 0.255 e. The van der Waals surface area contributed by atoms with E-state index in [-0.39, 0.29) is 11.7 Å². The average Bonchev–Trinajstić information content (AvgIpc) is 2.95. The van der Waals surface area contributed by atoms with Crippen LogP contribution in [0.5, 0.6) is 0 Å². The molecule has 0 aliphatic heterocycles. The zero-order chi connectivity index (χ0) is 15.5. The number of imidazole rings is 1. The second kappa shape index (κ2) is 5.81. The van der Waals surface area contributed by atoms with E-state index < -0.39 is 0 Å². The predicted molar refractivity (Wildman–Crippen MR) is 83.1 cm³/mol. The molecule has 22 heavy (non-hydrogen) atoms. The van der Waals surface area contributed by atoms with Gasteiger partial charge >= 0.3 is 0 Å². The molecule has 0 saturated carbocycles. The van der Waals surface area contributed by atoms with Crippen molar-refractivity contribution >= 4 is 11.6 Å². The summed E-state index contributed by atoms with van der Waals surface area (Å²) >= 11 is 0. The van der Waals surface area contributed by atoms with Crippen molar-refractivity contribution < 1.29 is 9.18 Å². The van der Waals surface area contributed by atoms with Crippen molar-refractivity contribution in [2.75, 3.05) is 5.32 Å². The Labute approximate surface area is 127 Å². The number of halogens is 1. The highest BCUT2D eigenvalue weighted by Crippen LogP contribution is 2.21. The fourth-order valence-corrected chi connectivity index (χ4v) is 2.14. The highest BCUT2D eigenvalue weighted by atomic mass is 19.1. The molecule has 0 radical (unpaired) electrons. The lowest BCUT2D eigenvalue weighted by Gasteiger charge is -2.07. The maximum atomic E-state index is 12.9. The third-order valence-electron chi connectivity index (χ3n) is 3.24. The molecule has 2 N–H and O–H groups in total. The van der Waals surface area contributed by atoms with Crippen molar-refractivity contribution in [1.82, 2.24) is 9.97 Å². The molecule has 3 aromatic rings. The molecule has 0 bridgehead atoms. The monoisotopic (exact) mass is 295 g/mol. The molecule has 0 unspecified atom stereocenters. The second-order valence-electron chi connectivity index (χ2n) is 4.92. The predicted octanol–water partition coefficient (Wildman–Crippen LogP) is 3.78. The van der Waals surface area contributed by atoms with Gasteiger partial charge in [0.15, 0.2) is 0 Å². The SMILES string of the molecule is Cc1ncc(-c2cccc(NC(=O)c3ccc(F)cc3)c2)[nH]1. The lowest BCUT2D eigenvalue weighted by Crippen LogP contribution is -2.11. The van der Waals surface area contributed by atoms with E-state index in [2.05, 4.69) is 15.3 Å². The zero-order valence-electron chi connectivity index (χ0n) is 11.9. The van der Waals surface area contributed by atoms with Gasteiger partial charge in [-0.2, -0.15) is 0 Å². The average molecular weight is 295 g/mol. The molecule has 0 fully saturated rings. The van der Waals surface area contributed by atoms with Crippen molar-refractivity contribution in [2.45, 2.75) is 6.92 Å². The van der Waals surface area contributed by atoms with Gasteiger partial charge in [0.05, 0.1) is 11.9 Å². The van der Waals surface area contributed by atoms with E-state index in [0.717, 1.165) is 17.1 Å². The number of amides is 1. The number of H-pyrrole nitrogens is 1. The van der Waals surface area contributed by atoms with Gasteiger partial charge in [-0.25, -0.2) is 9.37 Å². The Morgan fingerprint density at radius 2 is 1.95 bits per heavy atom. The number of carbonyl (C=O) groups excluding carboxylic acids is 1. The van der Waals surface area contributed by atoms with E-state index in [1.165, 1.54) is 24.3 Å². The van der Waals surface area contributed by atoms with Crippen LogP contribution in [0.1, 0.15) is 16.2 Å². The van der Waals surface area contributed by atoms with Crippen LogP contribution in [0.15, 0.2) is 54.7 Å². The number of aromatic nitrogens is 2. The van der Waals surface area contributed by atoms with Crippen LogP contribution in [0.3, 0.4) is 0 Å². The van der Waals surface area contributed by atoms with E-state index in [1.807, 2.05) is 25.1 Å². The maximum absolute atomic E-state index is 12.9. The fourth-order valence-electron chi connectivity index (χ4n) is 2.14. The van der Waals surface area contributed by atoms with E-state index in [9.17, 15) is 9.18 Å². The van der Waals surface area contributed by atoms with Gasteiger partial charge in [-0.15, -0.1) is 0 Å². The van der Waals surface area contributed by atoms with E-state index in [4.69, 9.17) is 0 Å². The highest BCUT2D eigenvalue weighted by Gasteiger charge is 2.07. The van der Waals surface area contributed by atoms with Crippen LogP contribution < -0.4 is 5.32 Å². The Hall–Kier alpha value is -2.95. The summed E-state index contributed by atoms with van der Waals surface area (Å²) in [5.41, 5.74) is 2.89. The summed E-state index contributed by atoms with van der Waals surface area (Å²) in [5, 5.41) is 2.80. The molecule has 1 aromatic heterocycles. The van der Waals surface area contributed by atoms with Crippen molar-refractivity contribution in [2.24, 2.45) is 0 Å². The molecular weight excluding hydrogens is 281 g/mol. The lowest BCUT2D eigenvalue weighted by molar-refractivity contribution is 0.102. The highest BCUT2D eigenvalue weighted by molar-refractivity contribution is 6.04. The standard InChI is InChI=1S/C17H14FN3O/c1-11-19-10-16(20-11)13-3-2-4-15(9-13)21-17(22)12-5-7-14(18)8-6-12/h2-10H,1H3,(H,19,20)(H,21,22). The number of anilines is 1. The van der Waals surface area contributed by atoms with Gasteiger partial charge in [0.1, 0.15) is 11.6 Å². The minimum Gasteiger partial charge on any atom is -0.342 e. The normalized spacial score (nSPS) is 10.5. The summed E-state index contributed by atoms with van der Waals surface area (Å²) in [7, 11) is 0. The maximum Gasteiger partial charge on any atom is 0.255 e. The molecule has 1 heterocycles. The number of hydrogen-bond donors (Lipinski definition) is 2. The van der Waals surface area contributed by atoms with Crippen molar-refractivity contribution in [1.29, 1.82) is 0 Å². The summed E-state index contributed by atoms with van der Waals surface area (Å²) < 4.78 is 12.9. The van der Waals surface area contributed by atoms with Gasteiger partial charge < -0.3 is 10.3 Å². The van der Waals surface area contributed by atoms with Crippen LogP contribution in [-0.4, -0.2) is 15.9 Å². The van der Waals surface area contributed by atoms with Gasteiger partial charge in [0.25, 0.3) is 5.91 Å². The minimum atomic E-state index is -0.367. The summed E-state index contributed by atoms with van der Waals surface area (Å²) in [6.45, 7) is 1.88. The largest absolute Gasteiger partial charge is 0.342 e. The number of hydrogen-bond acceptors (Lipinski definition) is 2. The van der Waals surface area contributed by atoms with Gasteiger partial charge in [-0.3, -0.25) is 4.79 Å². The minimum absolute atomic E-state index is 0.280. The lowest BCUT2D eigenvalue weighted by atomic mass is 10.1. The van der Waals surface area contributed by atoms with Crippen molar-refractivity contribution in [3.8, 4) is 11.3 Å². The Bertz CT molecular complexity index is 809. The molecule has 0 saturated heterocycles. The number of benzene rings is 2. The van der Waals surface area contributed by atoms with Gasteiger partial charge in [-0.1, -0.05) is 12.1 Å². The van der Waals surface area contributed by atoms with Gasteiger partial charge in [-0.05, 0) is 43.3 Å². The van der Waals surface area contributed by atoms with Gasteiger partial charge in [0, 0.05) is 16.8 Å². The Balaban J connectivity index is 1.81. The molecule has 4 nitrogen and oxygen atoms in total. The van der Waals surface area contributed by atoms with Crippen LogP contribution in [0, 0.1) is 12.7 Å². The molecule has 0 spiro atoms. The molecule has 1 amide bonds. The van der Waals surface area contributed by atoms with Crippen molar-refractivity contribution in [3.63, 3.8) is 0 Å². The number of rotatable bonds is 3. The topological polar surface area (TPSA) is 57.8 Å². The molecule has 3 rings (SSSR count). The van der Waals surface area contributed by atoms with Crippen LogP contribution in [0.25, 0.3) is 11.3 Å². The molecular formula is C17H14FN3O. The molecule has 110 valence electrons. The number of aryl methyl sites for hydroxylation is 1. The third-order valence-corrected chi connectivity index (χ3v) is 3.24. The quantitative estimate of drug-likeness (QED) is 0.772. The van der Waals surface area contributed by atoms with E-state index >= 15 is 0 Å². The van der Waals surface area contributed by atoms with Gasteiger partial charge in [0.2, 0.25) is 0 Å². The second-order valence-corrected chi connectivity index (χ2v) is 4.92. The zero-order valence-corrected chi connectivity index (χ0v) is 11.9. The molecule has 2 aromatic carbocycles. The molecule has 0 aliphatic carbocycles. The molecule has 5 heteroatoms. The first-order valence-electron chi connectivity index (χ1n) is 6.81. The summed E-state index contributed by atoms with van der Waals surface area (Å²) in [6.07, 6.45) is 1.75. The number of aromatic amines is 1. The molecule has 0 aliphatic rings. The van der Waals surface area contributed by atoms with Crippen molar-refractivity contribution in [3.05, 3.63) is 71.9 Å². The van der Waals surface area contributed by atoms with E-state index in [0.29, 0.717) is 11.3 Å². The first-order chi connectivity index (χ1) is 10.6. The van der Waals surface area contributed by atoms with E-state index in [1.54, 1.807) is 12.3 Å². The Morgan fingerprint density at radius 1 is 1.18 bits per heavy atom. The summed E-state index contributed by atoms with van der Waals surface area (Å²) in [5.74, 6) is 0.182. The Morgan fingerprint density at radius 3 is 2.64 bits per heavy atom. The Kier molecular flexibility index (Phi) is 3.70. The number of carbonyl (C=O) groups is 1. The first kappa shape index (κ1) is 14.0. The summed E-state index contributed by atoms with van der Waals surface area (Å²) in [4.78, 5) is 19.4. The number of nitrogens with zero attached hydrogens (tertiary/aromatic N) is 1. The summed E-state index contributed by atoms with van der Waals surface area (Å²) in [6, 6.07) is 12.9. The fraction of sp³-hybridized carbons (Fsp3) is 0.0588. The number of nitrogens with one attached hydrogen (secondary N) is 2. The third kappa shape index (κ3) is 3.03. The van der Waals surface area contributed by atoms with Crippen LogP contribution in [0.4, 0.5) is 10.1 Å². The van der Waals surface area contributed by atoms with Crippen LogP contribution in [-0.2, 0) is 0 Å².